The minimum atomic E-state index is -1.00. The maximum atomic E-state index is 11.2. The molecule has 0 amide bonds. The van der Waals surface area contributed by atoms with Gasteiger partial charge in [0.05, 0.1) is 47.0 Å². The number of cyclic esters (lactones) is 2. The minimum absolute atomic E-state index is 0.0293. The van der Waals surface area contributed by atoms with Crippen molar-refractivity contribution < 1.29 is 43.2 Å². The molecular weight excluding hydrogens is 452 g/mol. The first-order chi connectivity index (χ1) is 16.2. The number of methoxy groups -OCH3 is 3. The number of rotatable bonds is 8. The lowest BCUT2D eigenvalue weighted by Gasteiger charge is -2.19. The Hall–Kier alpha value is -4.16. The van der Waals surface area contributed by atoms with E-state index in [1.54, 1.807) is 12.4 Å². The molecule has 3 rings (SSSR count). The highest BCUT2D eigenvalue weighted by Crippen LogP contribution is 2.27. The summed E-state index contributed by atoms with van der Waals surface area (Å²) in [7, 11) is 4.15. The van der Waals surface area contributed by atoms with Crippen LogP contribution >= 0.6 is 0 Å². The van der Waals surface area contributed by atoms with E-state index in [4.69, 9.17) is 14.6 Å². The quantitative estimate of drug-likeness (QED) is 0.422. The summed E-state index contributed by atoms with van der Waals surface area (Å²) >= 11 is 0. The average molecular weight is 476 g/mol. The Bertz CT molecular complexity index is 980. The number of carbonyl (C=O) groups excluding carboxylic acids is 3. The van der Waals surface area contributed by atoms with Crippen molar-refractivity contribution in [3.05, 3.63) is 35.9 Å². The van der Waals surface area contributed by atoms with Gasteiger partial charge in [0.1, 0.15) is 0 Å². The second kappa shape index (κ2) is 12.8. The fraction of sp³-hybridized carbons (Fsp3) is 0.429. The van der Waals surface area contributed by atoms with E-state index < -0.39 is 29.8 Å². The molecule has 0 aliphatic carbocycles. The molecule has 2 aromatic heterocycles. The number of esters is 3. The van der Waals surface area contributed by atoms with Gasteiger partial charge >= 0.3 is 35.9 Å². The van der Waals surface area contributed by atoms with Crippen LogP contribution in [0.5, 0.6) is 12.0 Å². The van der Waals surface area contributed by atoms with Crippen LogP contribution in [0.4, 0.5) is 0 Å². The van der Waals surface area contributed by atoms with Crippen molar-refractivity contribution in [2.24, 2.45) is 0 Å². The third-order valence-corrected chi connectivity index (χ3v) is 4.72. The monoisotopic (exact) mass is 476 g/mol. The van der Waals surface area contributed by atoms with Gasteiger partial charge in [-0.25, -0.2) is 19.9 Å². The van der Waals surface area contributed by atoms with E-state index in [-0.39, 0.29) is 43.6 Å². The van der Waals surface area contributed by atoms with Gasteiger partial charge in [0.25, 0.3) is 0 Å². The van der Waals surface area contributed by atoms with Gasteiger partial charge < -0.3 is 24.1 Å². The number of hydrogen-bond acceptors (Lipinski definition) is 12. The molecule has 182 valence electrons. The number of hydrogen-bond donors (Lipinski definition) is 1. The predicted molar refractivity (Wildman–Crippen MR) is 112 cm³/mol. The van der Waals surface area contributed by atoms with Crippen LogP contribution < -0.4 is 9.47 Å². The summed E-state index contributed by atoms with van der Waals surface area (Å²) in [6.07, 6.45) is 6.15. The van der Waals surface area contributed by atoms with Crippen LogP contribution in [0.3, 0.4) is 0 Å². The Labute approximate surface area is 194 Å². The molecular formula is C21H24N4O9. The van der Waals surface area contributed by atoms with E-state index in [9.17, 15) is 19.2 Å². The fourth-order valence-electron chi connectivity index (χ4n) is 3.01. The fourth-order valence-corrected chi connectivity index (χ4v) is 3.01. The Balaban J connectivity index is 0.000000241. The van der Waals surface area contributed by atoms with Gasteiger partial charge in [-0.2, -0.15) is 0 Å². The van der Waals surface area contributed by atoms with Gasteiger partial charge in [0.2, 0.25) is 0 Å². The van der Waals surface area contributed by atoms with Crippen LogP contribution in [0.2, 0.25) is 0 Å². The van der Waals surface area contributed by atoms with E-state index in [1.165, 1.54) is 33.7 Å². The smallest absolute Gasteiger partial charge is 0.316 e. The topological polar surface area (TPSA) is 177 Å². The molecule has 0 aromatic carbocycles. The molecule has 0 radical (unpaired) electrons. The summed E-state index contributed by atoms with van der Waals surface area (Å²) in [6, 6.07) is 0.444. The lowest BCUT2D eigenvalue weighted by atomic mass is 9.93. The van der Waals surface area contributed by atoms with Gasteiger partial charge in [-0.3, -0.25) is 19.2 Å². The lowest BCUT2D eigenvalue weighted by Crippen LogP contribution is -2.24. The number of carboxylic acid groups (broad SMARTS) is 1. The van der Waals surface area contributed by atoms with Gasteiger partial charge in [0, 0.05) is 36.6 Å². The number of carbonyl (C=O) groups is 4. The van der Waals surface area contributed by atoms with Crippen molar-refractivity contribution in [1.82, 2.24) is 19.9 Å². The summed E-state index contributed by atoms with van der Waals surface area (Å²) < 4.78 is 18.6. The summed E-state index contributed by atoms with van der Waals surface area (Å²) in [5.74, 6) is -3.19. The van der Waals surface area contributed by atoms with Crippen molar-refractivity contribution in [3.8, 4) is 12.0 Å². The molecule has 34 heavy (non-hydrogen) atoms. The molecule has 13 nitrogen and oxygen atoms in total. The maximum absolute atomic E-state index is 11.2. The molecule has 1 atom stereocenters. The summed E-state index contributed by atoms with van der Waals surface area (Å²) in [4.78, 5) is 59.7. The molecule has 0 saturated carbocycles. The average Bonchev–Trinajstić information content (AvgIpc) is 2.83. The molecule has 0 spiro atoms. The zero-order valence-electron chi connectivity index (χ0n) is 18.8. The number of nitrogens with zero attached hydrogens (tertiary/aromatic N) is 4. The maximum Gasteiger partial charge on any atom is 0.316 e. The molecule has 1 fully saturated rings. The number of carboxylic acids is 1. The van der Waals surface area contributed by atoms with Crippen molar-refractivity contribution in [1.29, 1.82) is 0 Å². The number of aliphatic carboxylic acids is 1. The number of ether oxygens (including phenoxy) is 4. The molecule has 3 heterocycles. The van der Waals surface area contributed by atoms with E-state index in [1.807, 2.05) is 0 Å². The molecule has 0 bridgehead atoms. The van der Waals surface area contributed by atoms with E-state index in [0.29, 0.717) is 5.56 Å². The highest BCUT2D eigenvalue weighted by Gasteiger charge is 2.28. The Morgan fingerprint density at radius 1 is 0.941 bits per heavy atom. The first-order valence-corrected chi connectivity index (χ1v) is 9.99. The molecule has 1 aliphatic rings. The summed E-state index contributed by atoms with van der Waals surface area (Å²) in [5, 5.41) is 8.81. The highest BCUT2D eigenvalue weighted by molar-refractivity contribution is 5.89. The SMILES string of the molecule is COC(=O)C[C@H](CC(=O)O)c1cnc(OC)nc1.COc1ncc(C2CC(=O)OC(=O)C2)cn1. The predicted octanol–water partition coefficient (Wildman–Crippen LogP) is 1.04. The Kier molecular flexibility index (Phi) is 9.80. The lowest BCUT2D eigenvalue weighted by molar-refractivity contribution is -0.164. The summed E-state index contributed by atoms with van der Waals surface area (Å²) in [5.41, 5.74) is 1.30. The molecule has 1 aliphatic heterocycles. The van der Waals surface area contributed by atoms with Crippen molar-refractivity contribution >= 4 is 23.9 Å². The van der Waals surface area contributed by atoms with Gasteiger partial charge in [-0.15, -0.1) is 0 Å². The second-order valence-corrected chi connectivity index (χ2v) is 7.03. The standard InChI is InChI=1S/C11H14N2O5.C10H10N2O4/c1-17-10(16)4-7(3-9(14)15)8-5-12-11(18-2)13-6-8;1-15-10-11-4-7(5-12-10)6-2-8(13)16-9(14)3-6/h5-7H,3-4H2,1-2H3,(H,14,15);4-6H,2-3H2,1H3/t7-;/m0./s1. The Morgan fingerprint density at radius 3 is 1.88 bits per heavy atom. The van der Waals surface area contributed by atoms with Crippen LogP contribution in [-0.2, 0) is 28.7 Å². The van der Waals surface area contributed by atoms with Crippen LogP contribution in [0.25, 0.3) is 0 Å². The molecule has 1 saturated heterocycles. The van der Waals surface area contributed by atoms with Crippen LogP contribution in [0, 0.1) is 0 Å². The molecule has 0 unspecified atom stereocenters. The minimum Gasteiger partial charge on any atom is -0.481 e. The van der Waals surface area contributed by atoms with E-state index in [2.05, 4.69) is 29.4 Å². The Morgan fingerprint density at radius 2 is 1.44 bits per heavy atom. The first kappa shape index (κ1) is 26.1. The van der Waals surface area contributed by atoms with Crippen LogP contribution in [0.15, 0.2) is 24.8 Å². The van der Waals surface area contributed by atoms with Crippen molar-refractivity contribution in [3.63, 3.8) is 0 Å². The molecule has 13 heteroatoms. The third kappa shape index (κ3) is 8.07. The zero-order chi connectivity index (χ0) is 25.1. The van der Waals surface area contributed by atoms with Crippen molar-refractivity contribution in [2.45, 2.75) is 37.5 Å². The van der Waals surface area contributed by atoms with E-state index in [0.717, 1.165) is 5.56 Å². The van der Waals surface area contributed by atoms with Gasteiger partial charge in [-0.05, 0) is 11.1 Å². The highest BCUT2D eigenvalue weighted by atomic mass is 16.6. The zero-order valence-corrected chi connectivity index (χ0v) is 18.8. The van der Waals surface area contributed by atoms with E-state index >= 15 is 0 Å². The van der Waals surface area contributed by atoms with Gasteiger partial charge in [0.15, 0.2) is 0 Å². The van der Waals surface area contributed by atoms with Crippen LogP contribution in [0.1, 0.15) is 48.6 Å². The molecule has 1 N–H and O–H groups in total. The largest absolute Gasteiger partial charge is 0.481 e. The van der Waals surface area contributed by atoms with Crippen molar-refractivity contribution in [2.75, 3.05) is 21.3 Å². The number of aromatic nitrogens is 4. The third-order valence-electron chi connectivity index (χ3n) is 4.72. The first-order valence-electron chi connectivity index (χ1n) is 9.99. The van der Waals surface area contributed by atoms with Gasteiger partial charge in [-0.1, -0.05) is 0 Å². The van der Waals surface area contributed by atoms with Crippen LogP contribution in [-0.4, -0.2) is 70.2 Å². The summed E-state index contributed by atoms with van der Waals surface area (Å²) in [6.45, 7) is 0. The second-order valence-electron chi connectivity index (χ2n) is 7.03. The normalized spacial score (nSPS) is 14.2. The molecule has 2 aromatic rings.